The van der Waals surface area contributed by atoms with Crippen molar-refractivity contribution in [1.29, 1.82) is 0 Å². The second kappa shape index (κ2) is 8.21. The van der Waals surface area contributed by atoms with Crippen LogP contribution in [0.25, 0.3) is 22.0 Å². The molecule has 31 heavy (non-hydrogen) atoms. The first kappa shape index (κ1) is 21.2. The molecule has 0 saturated heterocycles. The van der Waals surface area contributed by atoms with Crippen molar-refractivity contribution in [3.05, 3.63) is 59.3 Å². The van der Waals surface area contributed by atoms with Crippen molar-refractivity contribution in [1.82, 2.24) is 10.3 Å². The van der Waals surface area contributed by atoms with Crippen molar-refractivity contribution in [3.63, 3.8) is 0 Å². The molecular weight excluding hydrogens is 405 g/mol. The molecule has 162 valence electrons. The van der Waals surface area contributed by atoms with Crippen LogP contribution >= 0.6 is 0 Å². The Morgan fingerprint density at radius 2 is 1.97 bits per heavy atom. The van der Waals surface area contributed by atoms with Gasteiger partial charge >= 0.3 is 6.18 Å². The van der Waals surface area contributed by atoms with Gasteiger partial charge in [0.15, 0.2) is 0 Å². The Bertz CT molecular complexity index is 1140. The number of fused-ring (bicyclic) bond motifs is 2. The molecule has 1 unspecified atom stereocenters. The molecule has 3 aromatic rings. The van der Waals surface area contributed by atoms with Crippen molar-refractivity contribution in [2.24, 2.45) is 0 Å². The van der Waals surface area contributed by atoms with E-state index >= 15 is 0 Å². The van der Waals surface area contributed by atoms with Crippen LogP contribution in [-0.2, 0) is 11.2 Å². The molecule has 4 nitrogen and oxygen atoms in total. The smallest absolute Gasteiger partial charge is 0.389 e. The molecular formula is C24H23F3N2O2. The molecule has 1 aliphatic heterocycles. The fourth-order valence-corrected chi connectivity index (χ4v) is 3.89. The predicted octanol–water partition coefficient (Wildman–Crippen LogP) is 5.28. The van der Waals surface area contributed by atoms with Crippen LogP contribution in [-0.4, -0.2) is 29.7 Å². The van der Waals surface area contributed by atoms with Gasteiger partial charge in [0.05, 0.1) is 18.5 Å². The number of aromatic nitrogens is 1. The Kier molecular flexibility index (Phi) is 5.60. The average Bonchev–Trinajstić information content (AvgIpc) is 3.12. The van der Waals surface area contributed by atoms with E-state index in [4.69, 9.17) is 4.74 Å². The lowest BCUT2D eigenvalue weighted by atomic mass is 9.96. The van der Waals surface area contributed by atoms with E-state index in [1.165, 1.54) is 0 Å². The fourth-order valence-electron chi connectivity index (χ4n) is 3.89. The number of hydrogen-bond acceptors (Lipinski definition) is 3. The number of carbonyl (C=O) groups excluding carboxylic acids is 1. The Labute approximate surface area is 178 Å². The van der Waals surface area contributed by atoms with Crippen LogP contribution < -0.4 is 10.1 Å². The fraction of sp³-hybridized carbons (Fsp3) is 0.333. The Hall–Kier alpha value is -3.09. The highest BCUT2D eigenvalue weighted by Gasteiger charge is 2.29. The number of amides is 1. The van der Waals surface area contributed by atoms with Gasteiger partial charge in [-0.1, -0.05) is 18.2 Å². The molecule has 2 heterocycles. The predicted molar refractivity (Wildman–Crippen MR) is 113 cm³/mol. The van der Waals surface area contributed by atoms with Gasteiger partial charge in [-0.25, -0.2) is 0 Å². The number of aryl methyl sites for hydroxylation is 2. The highest BCUT2D eigenvalue weighted by atomic mass is 19.4. The summed E-state index contributed by atoms with van der Waals surface area (Å²) in [6.45, 7) is 4.14. The summed E-state index contributed by atoms with van der Waals surface area (Å²) in [7, 11) is 0. The van der Waals surface area contributed by atoms with Crippen molar-refractivity contribution < 1.29 is 22.7 Å². The monoisotopic (exact) mass is 428 g/mol. The molecule has 2 aromatic carbocycles. The van der Waals surface area contributed by atoms with Crippen LogP contribution in [0.3, 0.4) is 0 Å². The van der Waals surface area contributed by atoms with Gasteiger partial charge < -0.3 is 10.1 Å². The normalized spacial score (nSPS) is 15.6. The van der Waals surface area contributed by atoms with Crippen molar-refractivity contribution in [3.8, 4) is 16.9 Å². The number of benzene rings is 2. The SMILES string of the molecule is Cc1cc2c(c(-c3ccc4nc(C)ccc4c3)c1)OC(CNC(=O)CCC(F)(F)F)C2. The first-order chi connectivity index (χ1) is 14.7. The second-order valence-electron chi connectivity index (χ2n) is 8.02. The van der Waals surface area contributed by atoms with Crippen molar-refractivity contribution >= 4 is 16.8 Å². The summed E-state index contributed by atoms with van der Waals surface area (Å²) in [5.74, 6) is 0.144. The van der Waals surface area contributed by atoms with E-state index in [0.29, 0.717) is 6.42 Å². The maximum Gasteiger partial charge on any atom is 0.389 e. The van der Waals surface area contributed by atoms with Gasteiger partial charge in [0.2, 0.25) is 5.91 Å². The molecule has 0 radical (unpaired) electrons. The van der Waals surface area contributed by atoms with Gasteiger partial charge in [-0.3, -0.25) is 9.78 Å². The molecule has 0 fully saturated rings. The number of ether oxygens (including phenoxy) is 1. The Morgan fingerprint density at radius 1 is 1.16 bits per heavy atom. The lowest BCUT2D eigenvalue weighted by Gasteiger charge is -2.14. The van der Waals surface area contributed by atoms with E-state index in [0.717, 1.165) is 44.6 Å². The van der Waals surface area contributed by atoms with Crippen LogP contribution in [0.5, 0.6) is 5.75 Å². The van der Waals surface area contributed by atoms with Gasteiger partial charge in [-0.05, 0) is 54.8 Å². The van der Waals surface area contributed by atoms with E-state index < -0.39 is 24.9 Å². The standard InChI is InChI=1S/C24H23F3N2O2/c1-14-9-18-12-19(13-28-22(30)7-8-24(25,26)27)31-23(18)20(10-14)16-5-6-21-17(11-16)4-3-15(2)29-21/h3-6,9-11,19H,7-8,12-13H2,1-2H3,(H,28,30). The van der Waals surface area contributed by atoms with Gasteiger partial charge in [0, 0.05) is 29.5 Å². The summed E-state index contributed by atoms with van der Waals surface area (Å²) in [5.41, 5.74) is 5.98. The number of nitrogens with one attached hydrogen (secondary N) is 1. The Balaban J connectivity index is 1.51. The van der Waals surface area contributed by atoms with E-state index in [1.54, 1.807) is 0 Å². The molecule has 0 bridgehead atoms. The zero-order valence-electron chi connectivity index (χ0n) is 17.3. The molecule has 4 rings (SSSR count). The quantitative estimate of drug-likeness (QED) is 0.602. The van der Waals surface area contributed by atoms with E-state index in [2.05, 4.69) is 28.5 Å². The summed E-state index contributed by atoms with van der Waals surface area (Å²) in [6.07, 6.45) is -5.74. The van der Waals surface area contributed by atoms with Crippen LogP contribution in [0.2, 0.25) is 0 Å². The van der Waals surface area contributed by atoms with Crippen LogP contribution in [0, 0.1) is 13.8 Å². The van der Waals surface area contributed by atoms with Gasteiger partial charge in [-0.2, -0.15) is 13.2 Å². The average molecular weight is 428 g/mol. The molecule has 0 aliphatic carbocycles. The number of pyridine rings is 1. The topological polar surface area (TPSA) is 51.2 Å². The number of alkyl halides is 3. The largest absolute Gasteiger partial charge is 0.487 e. The van der Waals surface area contributed by atoms with Crippen LogP contribution in [0.4, 0.5) is 13.2 Å². The third-order valence-corrected chi connectivity index (χ3v) is 5.34. The second-order valence-corrected chi connectivity index (χ2v) is 8.02. The molecule has 0 saturated carbocycles. The number of nitrogens with zero attached hydrogens (tertiary/aromatic N) is 1. The van der Waals surface area contributed by atoms with E-state index in [-0.39, 0.29) is 12.6 Å². The number of halogens is 3. The molecule has 0 spiro atoms. The molecule has 1 aromatic heterocycles. The molecule has 1 atom stereocenters. The summed E-state index contributed by atoms with van der Waals surface area (Å²) < 4.78 is 43.0. The number of hydrogen-bond donors (Lipinski definition) is 1. The van der Waals surface area contributed by atoms with Crippen LogP contribution in [0.15, 0.2) is 42.5 Å². The zero-order chi connectivity index (χ0) is 22.2. The maximum absolute atomic E-state index is 12.3. The minimum Gasteiger partial charge on any atom is -0.487 e. The highest BCUT2D eigenvalue weighted by molar-refractivity contribution is 5.86. The minimum absolute atomic E-state index is 0.171. The molecule has 1 N–H and O–H groups in total. The zero-order valence-corrected chi connectivity index (χ0v) is 17.3. The lowest BCUT2D eigenvalue weighted by molar-refractivity contribution is -0.144. The maximum atomic E-state index is 12.3. The molecule has 1 amide bonds. The third kappa shape index (κ3) is 4.98. The summed E-state index contributed by atoms with van der Waals surface area (Å²) in [4.78, 5) is 16.3. The third-order valence-electron chi connectivity index (χ3n) is 5.34. The number of rotatable bonds is 5. The summed E-state index contributed by atoms with van der Waals surface area (Å²) in [5, 5.41) is 3.60. The van der Waals surface area contributed by atoms with Crippen molar-refractivity contribution in [2.75, 3.05) is 6.54 Å². The van der Waals surface area contributed by atoms with Gasteiger partial charge in [-0.15, -0.1) is 0 Å². The van der Waals surface area contributed by atoms with Gasteiger partial charge in [0.1, 0.15) is 11.9 Å². The summed E-state index contributed by atoms with van der Waals surface area (Å²) >= 11 is 0. The lowest BCUT2D eigenvalue weighted by Crippen LogP contribution is -2.34. The first-order valence-electron chi connectivity index (χ1n) is 10.2. The van der Waals surface area contributed by atoms with Gasteiger partial charge in [0.25, 0.3) is 0 Å². The molecule has 7 heteroatoms. The van der Waals surface area contributed by atoms with E-state index in [1.807, 2.05) is 38.1 Å². The minimum atomic E-state index is -4.34. The first-order valence-corrected chi connectivity index (χ1v) is 10.2. The Morgan fingerprint density at radius 3 is 2.74 bits per heavy atom. The summed E-state index contributed by atoms with van der Waals surface area (Å²) in [6, 6.07) is 14.2. The highest BCUT2D eigenvalue weighted by Crippen LogP contribution is 2.40. The number of carbonyl (C=O) groups is 1. The van der Waals surface area contributed by atoms with Crippen molar-refractivity contribution in [2.45, 2.75) is 45.4 Å². The molecule has 1 aliphatic rings. The van der Waals surface area contributed by atoms with E-state index in [9.17, 15) is 18.0 Å². The van der Waals surface area contributed by atoms with Crippen LogP contribution in [0.1, 0.15) is 29.7 Å².